The molecule has 2 aromatic rings. The van der Waals surface area contributed by atoms with Crippen molar-refractivity contribution < 1.29 is 0 Å². The summed E-state index contributed by atoms with van der Waals surface area (Å²) in [4.78, 5) is 5.08. The van der Waals surface area contributed by atoms with E-state index >= 15 is 0 Å². The second-order valence-corrected chi connectivity index (χ2v) is 10.3. The van der Waals surface area contributed by atoms with E-state index in [4.69, 9.17) is 0 Å². The van der Waals surface area contributed by atoms with E-state index in [9.17, 15) is 0 Å². The maximum Gasteiger partial charge on any atom is 0.0370 e. The Morgan fingerprint density at radius 2 is 0.815 bits per heavy atom. The van der Waals surface area contributed by atoms with Crippen LogP contribution in [0.4, 0.5) is 11.4 Å². The van der Waals surface area contributed by atoms with Crippen molar-refractivity contribution in [3.63, 3.8) is 0 Å². The summed E-state index contributed by atoms with van der Waals surface area (Å²) in [6, 6.07) is 21.6. The zero-order valence-corrected chi connectivity index (χ0v) is 18.6. The molecule has 0 unspecified atom stereocenters. The first-order chi connectivity index (χ1) is 12.4. The van der Waals surface area contributed by atoms with Gasteiger partial charge in [0.25, 0.3) is 0 Å². The summed E-state index contributed by atoms with van der Waals surface area (Å²) < 4.78 is 0. The number of hydrogen-bond acceptors (Lipinski definition) is 2. The summed E-state index contributed by atoms with van der Waals surface area (Å²) in [5, 5.41) is 0. The molecule has 0 aliphatic heterocycles. The van der Waals surface area contributed by atoms with E-state index in [1.165, 1.54) is 11.4 Å². The largest absolute Gasteiger partial charge is 0.366 e. The normalized spacial score (nSPS) is 12.7. The highest BCUT2D eigenvalue weighted by molar-refractivity contribution is 5.50. The van der Waals surface area contributed by atoms with E-state index in [1.807, 2.05) is 0 Å². The van der Waals surface area contributed by atoms with Crippen LogP contribution in [0.2, 0.25) is 0 Å². The predicted molar refractivity (Wildman–Crippen MR) is 121 cm³/mol. The van der Waals surface area contributed by atoms with E-state index in [2.05, 4.69) is 126 Å². The van der Waals surface area contributed by atoms with E-state index in [0.717, 1.165) is 13.1 Å². The quantitative estimate of drug-likeness (QED) is 0.566. The summed E-state index contributed by atoms with van der Waals surface area (Å²) in [5.41, 5.74) is 2.84. The second-order valence-electron chi connectivity index (χ2n) is 10.3. The molecule has 0 saturated heterocycles. The molecule has 2 heteroatoms. The lowest BCUT2D eigenvalue weighted by Gasteiger charge is -2.47. The molecule has 0 bridgehead atoms. The first kappa shape index (κ1) is 21.3. The number of para-hydroxylation sites is 2. The van der Waals surface area contributed by atoms with Crippen molar-refractivity contribution in [3.05, 3.63) is 60.7 Å². The van der Waals surface area contributed by atoms with Crippen LogP contribution in [0.25, 0.3) is 0 Å². The van der Waals surface area contributed by atoms with Gasteiger partial charge in [0.2, 0.25) is 0 Å². The lowest BCUT2D eigenvalue weighted by Crippen LogP contribution is -2.53. The molecule has 27 heavy (non-hydrogen) atoms. The highest BCUT2D eigenvalue weighted by Crippen LogP contribution is 2.33. The fraction of sp³-hybridized carbons (Fsp3) is 0.520. The number of benzene rings is 2. The molecule has 0 aliphatic rings. The van der Waals surface area contributed by atoms with Gasteiger partial charge in [-0.05, 0) is 71.2 Å². The Hall–Kier alpha value is -1.96. The Morgan fingerprint density at radius 3 is 1.07 bits per heavy atom. The first-order valence-electron chi connectivity index (χ1n) is 10.1. The summed E-state index contributed by atoms with van der Waals surface area (Å²) in [5.74, 6) is 0. The van der Waals surface area contributed by atoms with Crippen LogP contribution < -0.4 is 9.80 Å². The molecule has 0 heterocycles. The summed E-state index contributed by atoms with van der Waals surface area (Å²) in [6.07, 6.45) is 0. The topological polar surface area (TPSA) is 6.48 Å². The average molecular weight is 367 g/mol. The van der Waals surface area contributed by atoms with Crippen LogP contribution in [-0.2, 0) is 0 Å². The van der Waals surface area contributed by atoms with E-state index in [-0.39, 0.29) is 16.5 Å². The lowest BCUT2D eigenvalue weighted by molar-refractivity contribution is 0.310. The van der Waals surface area contributed by atoms with Gasteiger partial charge in [0.05, 0.1) is 0 Å². The summed E-state index contributed by atoms with van der Waals surface area (Å²) >= 11 is 0. The van der Waals surface area contributed by atoms with Gasteiger partial charge in [0.15, 0.2) is 0 Å². The smallest absolute Gasteiger partial charge is 0.0370 e. The fourth-order valence-electron chi connectivity index (χ4n) is 3.55. The third-order valence-electron chi connectivity index (χ3n) is 4.93. The van der Waals surface area contributed by atoms with Crippen LogP contribution in [0, 0.1) is 5.41 Å². The molecule has 0 aromatic heterocycles. The van der Waals surface area contributed by atoms with Gasteiger partial charge in [-0.3, -0.25) is 0 Å². The molecule has 0 fully saturated rings. The number of nitrogens with zero attached hydrogens (tertiary/aromatic N) is 2. The number of rotatable bonds is 6. The summed E-state index contributed by atoms with van der Waals surface area (Å²) in [6.45, 7) is 20.6. The zero-order chi connectivity index (χ0) is 20.3. The van der Waals surface area contributed by atoms with Crippen LogP contribution >= 0.6 is 0 Å². The molecule has 0 aliphatic carbocycles. The van der Waals surface area contributed by atoms with Crippen molar-refractivity contribution in [2.75, 3.05) is 22.9 Å². The molecule has 0 N–H and O–H groups in total. The molecule has 2 nitrogen and oxygen atoms in total. The van der Waals surface area contributed by atoms with Gasteiger partial charge in [0, 0.05) is 35.5 Å². The minimum Gasteiger partial charge on any atom is -0.366 e. The van der Waals surface area contributed by atoms with E-state index in [1.54, 1.807) is 0 Å². The molecule has 0 amide bonds. The Kier molecular flexibility index (Phi) is 6.29. The molecular formula is C25H38N2. The third-order valence-corrected chi connectivity index (χ3v) is 4.93. The maximum absolute atomic E-state index is 2.54. The maximum atomic E-state index is 2.54. The standard InChI is InChI=1S/C25H38N2/c1-23(2,3)26(21-15-11-9-12-16-21)19-25(7,8)20-27(24(4,5)6)22-17-13-10-14-18-22/h9-18H,19-20H2,1-8H3. The average Bonchev–Trinajstić information content (AvgIpc) is 2.57. The molecule has 0 radical (unpaired) electrons. The monoisotopic (exact) mass is 366 g/mol. The number of hydrogen-bond donors (Lipinski definition) is 0. The lowest BCUT2D eigenvalue weighted by atomic mass is 9.87. The van der Waals surface area contributed by atoms with Gasteiger partial charge >= 0.3 is 0 Å². The molecule has 2 aromatic carbocycles. The highest BCUT2D eigenvalue weighted by atomic mass is 15.2. The van der Waals surface area contributed by atoms with Crippen molar-refractivity contribution in [1.82, 2.24) is 0 Å². The second kappa shape index (κ2) is 7.96. The summed E-state index contributed by atoms with van der Waals surface area (Å²) in [7, 11) is 0. The van der Waals surface area contributed by atoms with Crippen molar-refractivity contribution in [1.29, 1.82) is 0 Å². The molecule has 2 rings (SSSR count). The van der Waals surface area contributed by atoms with Crippen molar-refractivity contribution in [3.8, 4) is 0 Å². The van der Waals surface area contributed by atoms with Crippen LogP contribution in [0.3, 0.4) is 0 Å². The van der Waals surface area contributed by atoms with Crippen molar-refractivity contribution >= 4 is 11.4 Å². The predicted octanol–water partition coefficient (Wildman–Crippen LogP) is 6.62. The van der Waals surface area contributed by atoms with Gasteiger partial charge in [-0.25, -0.2) is 0 Å². The van der Waals surface area contributed by atoms with Crippen LogP contribution in [-0.4, -0.2) is 24.2 Å². The van der Waals surface area contributed by atoms with Gasteiger partial charge < -0.3 is 9.80 Å². The zero-order valence-electron chi connectivity index (χ0n) is 18.6. The first-order valence-corrected chi connectivity index (χ1v) is 10.1. The van der Waals surface area contributed by atoms with Crippen LogP contribution in [0.5, 0.6) is 0 Å². The molecule has 148 valence electrons. The molecule has 0 atom stereocenters. The van der Waals surface area contributed by atoms with Gasteiger partial charge in [-0.2, -0.15) is 0 Å². The van der Waals surface area contributed by atoms with Gasteiger partial charge in [-0.1, -0.05) is 50.2 Å². The Balaban J connectivity index is 2.29. The highest BCUT2D eigenvalue weighted by Gasteiger charge is 2.33. The third kappa shape index (κ3) is 6.02. The molecule has 0 spiro atoms. The molecule has 0 saturated carbocycles. The van der Waals surface area contributed by atoms with E-state index in [0.29, 0.717) is 0 Å². The van der Waals surface area contributed by atoms with Crippen molar-refractivity contribution in [2.45, 2.75) is 66.5 Å². The Morgan fingerprint density at radius 1 is 0.519 bits per heavy atom. The van der Waals surface area contributed by atoms with Crippen LogP contribution in [0.1, 0.15) is 55.4 Å². The Labute approximate surface area is 167 Å². The SMILES string of the molecule is CC(C)(CN(c1ccccc1)C(C)(C)C)CN(c1ccccc1)C(C)(C)C. The van der Waals surface area contributed by atoms with Gasteiger partial charge in [-0.15, -0.1) is 0 Å². The molecular weight excluding hydrogens is 328 g/mol. The fourth-order valence-corrected chi connectivity index (χ4v) is 3.55. The Bertz CT molecular complexity index is 629. The number of anilines is 2. The van der Waals surface area contributed by atoms with Gasteiger partial charge in [0.1, 0.15) is 0 Å². The van der Waals surface area contributed by atoms with Crippen LogP contribution in [0.15, 0.2) is 60.7 Å². The van der Waals surface area contributed by atoms with E-state index < -0.39 is 0 Å². The van der Waals surface area contributed by atoms with Crippen molar-refractivity contribution in [2.24, 2.45) is 5.41 Å². The minimum atomic E-state index is 0.0674. The minimum absolute atomic E-state index is 0.0674.